The van der Waals surface area contributed by atoms with Crippen LogP contribution in [0.5, 0.6) is 0 Å². The number of benzene rings is 2. The van der Waals surface area contributed by atoms with Crippen LogP contribution in [0, 0.1) is 0 Å². The molecule has 2 aromatic carbocycles. The molecule has 2 rings (SSSR count). The molecule has 0 fully saturated rings. The van der Waals surface area contributed by atoms with Crippen LogP contribution in [-0.4, -0.2) is 12.1 Å². The summed E-state index contributed by atoms with van der Waals surface area (Å²) in [5.74, 6) is 0. The maximum atomic E-state index is 3.62. The van der Waals surface area contributed by atoms with Gasteiger partial charge in [0.05, 0.1) is 0 Å². The first kappa shape index (κ1) is 25.1. The SMILES string of the molecule is CCCCCCC(C)Nc1ccc(Nc2ccc(NC(C)CCCCCC)cc2)cc1. The molecule has 0 amide bonds. The Hall–Kier alpha value is -2.16. The average Bonchev–Trinajstić information content (AvgIpc) is 2.77. The number of hydrogen-bond acceptors (Lipinski definition) is 3. The number of nitrogens with one attached hydrogen (secondary N) is 3. The van der Waals surface area contributed by atoms with Crippen molar-refractivity contribution >= 4 is 22.7 Å². The lowest BCUT2D eigenvalue weighted by atomic mass is 10.1. The predicted octanol–water partition coefficient (Wildman–Crippen LogP) is 8.97. The molecule has 0 aliphatic rings. The summed E-state index contributed by atoms with van der Waals surface area (Å²) in [6.07, 6.45) is 13.1. The molecule has 2 unspecified atom stereocenters. The van der Waals surface area contributed by atoms with Crippen molar-refractivity contribution in [3.05, 3.63) is 48.5 Å². The van der Waals surface area contributed by atoms with Crippen molar-refractivity contribution in [3.8, 4) is 0 Å². The summed E-state index contributed by atoms with van der Waals surface area (Å²) in [5, 5.41) is 10.7. The molecule has 172 valence electrons. The van der Waals surface area contributed by atoms with Crippen LogP contribution in [0.1, 0.15) is 91.9 Å². The minimum Gasteiger partial charge on any atom is -0.383 e. The largest absolute Gasteiger partial charge is 0.383 e. The quantitative estimate of drug-likeness (QED) is 0.236. The topological polar surface area (TPSA) is 36.1 Å². The van der Waals surface area contributed by atoms with Gasteiger partial charge in [-0.05, 0) is 75.2 Å². The van der Waals surface area contributed by atoms with Gasteiger partial charge in [-0.3, -0.25) is 0 Å². The van der Waals surface area contributed by atoms with Crippen LogP contribution in [0.25, 0.3) is 0 Å². The lowest BCUT2D eigenvalue weighted by Crippen LogP contribution is -2.14. The van der Waals surface area contributed by atoms with Gasteiger partial charge in [-0.25, -0.2) is 0 Å². The average molecular weight is 424 g/mol. The fourth-order valence-corrected chi connectivity index (χ4v) is 3.93. The Morgan fingerprint density at radius 2 is 0.871 bits per heavy atom. The number of unbranched alkanes of at least 4 members (excludes halogenated alkanes) is 6. The zero-order valence-electron chi connectivity index (χ0n) is 20.3. The fraction of sp³-hybridized carbons (Fsp3) is 0.571. The molecular weight excluding hydrogens is 378 g/mol. The minimum absolute atomic E-state index is 0.518. The third-order valence-corrected chi connectivity index (χ3v) is 5.87. The zero-order valence-corrected chi connectivity index (χ0v) is 20.3. The standard InChI is InChI=1S/C28H45N3/c1-5-7-9-11-13-23(3)29-25-15-19-27(20-16-25)31-28-21-17-26(18-22-28)30-24(4)14-12-10-8-6-2/h15-24,29-31H,5-14H2,1-4H3. The lowest BCUT2D eigenvalue weighted by molar-refractivity contribution is 0.594. The van der Waals surface area contributed by atoms with E-state index in [9.17, 15) is 0 Å². The highest BCUT2D eigenvalue weighted by molar-refractivity contribution is 5.64. The molecule has 0 radical (unpaired) electrons. The van der Waals surface area contributed by atoms with E-state index >= 15 is 0 Å². The van der Waals surface area contributed by atoms with Gasteiger partial charge in [0.2, 0.25) is 0 Å². The molecular formula is C28H45N3. The molecule has 31 heavy (non-hydrogen) atoms. The van der Waals surface area contributed by atoms with Crippen molar-refractivity contribution in [2.75, 3.05) is 16.0 Å². The summed E-state index contributed by atoms with van der Waals surface area (Å²) in [5.41, 5.74) is 4.62. The molecule has 3 N–H and O–H groups in total. The van der Waals surface area contributed by atoms with Crippen LogP contribution in [0.4, 0.5) is 22.7 Å². The smallest absolute Gasteiger partial charge is 0.0385 e. The monoisotopic (exact) mass is 423 g/mol. The third-order valence-electron chi connectivity index (χ3n) is 5.87. The molecule has 0 aliphatic carbocycles. The Morgan fingerprint density at radius 1 is 0.516 bits per heavy atom. The van der Waals surface area contributed by atoms with E-state index in [0.717, 1.165) is 11.4 Å². The van der Waals surface area contributed by atoms with E-state index in [4.69, 9.17) is 0 Å². The van der Waals surface area contributed by atoms with E-state index in [0.29, 0.717) is 12.1 Å². The van der Waals surface area contributed by atoms with Crippen molar-refractivity contribution < 1.29 is 0 Å². The van der Waals surface area contributed by atoms with Crippen LogP contribution in [0.3, 0.4) is 0 Å². The Balaban J connectivity index is 1.74. The van der Waals surface area contributed by atoms with Crippen LogP contribution in [0.15, 0.2) is 48.5 Å². The Labute approximate surface area is 191 Å². The second-order valence-corrected chi connectivity index (χ2v) is 9.07. The van der Waals surface area contributed by atoms with Crippen molar-refractivity contribution in [2.45, 2.75) is 104 Å². The summed E-state index contributed by atoms with van der Waals surface area (Å²) in [4.78, 5) is 0. The second-order valence-electron chi connectivity index (χ2n) is 9.07. The summed E-state index contributed by atoms with van der Waals surface area (Å²) in [6.45, 7) is 9.08. The number of hydrogen-bond donors (Lipinski definition) is 3. The first-order valence-electron chi connectivity index (χ1n) is 12.6. The van der Waals surface area contributed by atoms with Crippen LogP contribution < -0.4 is 16.0 Å². The summed E-state index contributed by atoms with van der Waals surface area (Å²) in [7, 11) is 0. The molecule has 0 aromatic heterocycles. The number of rotatable bonds is 16. The van der Waals surface area contributed by atoms with E-state index in [1.54, 1.807) is 0 Å². The van der Waals surface area contributed by atoms with Gasteiger partial charge in [-0.2, -0.15) is 0 Å². The van der Waals surface area contributed by atoms with Crippen LogP contribution >= 0.6 is 0 Å². The molecule has 0 heterocycles. The minimum atomic E-state index is 0.518. The van der Waals surface area contributed by atoms with Crippen LogP contribution in [-0.2, 0) is 0 Å². The molecule has 3 nitrogen and oxygen atoms in total. The van der Waals surface area contributed by atoms with Crippen LogP contribution in [0.2, 0.25) is 0 Å². The molecule has 3 heteroatoms. The first-order chi connectivity index (χ1) is 15.1. The second kappa shape index (κ2) is 14.8. The highest BCUT2D eigenvalue weighted by Crippen LogP contribution is 2.22. The summed E-state index contributed by atoms with van der Waals surface area (Å²) >= 11 is 0. The lowest BCUT2D eigenvalue weighted by Gasteiger charge is -2.16. The predicted molar refractivity (Wildman–Crippen MR) is 140 cm³/mol. The Morgan fingerprint density at radius 3 is 1.23 bits per heavy atom. The Bertz CT molecular complexity index is 632. The van der Waals surface area contributed by atoms with Gasteiger partial charge in [0.1, 0.15) is 0 Å². The van der Waals surface area contributed by atoms with E-state index in [1.165, 1.54) is 75.6 Å². The van der Waals surface area contributed by atoms with E-state index in [1.807, 2.05) is 0 Å². The van der Waals surface area contributed by atoms with E-state index in [2.05, 4.69) is 92.2 Å². The van der Waals surface area contributed by atoms with Gasteiger partial charge < -0.3 is 16.0 Å². The van der Waals surface area contributed by atoms with Gasteiger partial charge in [-0.1, -0.05) is 65.2 Å². The molecule has 0 spiro atoms. The normalized spacial score (nSPS) is 12.9. The van der Waals surface area contributed by atoms with Gasteiger partial charge in [0.25, 0.3) is 0 Å². The molecule has 0 saturated heterocycles. The maximum absolute atomic E-state index is 3.62. The van der Waals surface area contributed by atoms with Crippen molar-refractivity contribution in [1.82, 2.24) is 0 Å². The van der Waals surface area contributed by atoms with Gasteiger partial charge >= 0.3 is 0 Å². The van der Waals surface area contributed by atoms with E-state index < -0.39 is 0 Å². The molecule has 2 atom stereocenters. The van der Waals surface area contributed by atoms with Crippen molar-refractivity contribution in [2.24, 2.45) is 0 Å². The first-order valence-corrected chi connectivity index (χ1v) is 12.6. The van der Waals surface area contributed by atoms with Crippen molar-refractivity contribution in [3.63, 3.8) is 0 Å². The van der Waals surface area contributed by atoms with Gasteiger partial charge in [0, 0.05) is 34.8 Å². The summed E-state index contributed by atoms with van der Waals surface area (Å²) in [6, 6.07) is 18.3. The molecule has 0 aliphatic heterocycles. The van der Waals surface area contributed by atoms with Gasteiger partial charge in [0.15, 0.2) is 0 Å². The highest BCUT2D eigenvalue weighted by Gasteiger charge is 2.04. The number of anilines is 4. The fourth-order valence-electron chi connectivity index (χ4n) is 3.93. The zero-order chi connectivity index (χ0) is 22.3. The maximum Gasteiger partial charge on any atom is 0.0385 e. The molecule has 2 aromatic rings. The van der Waals surface area contributed by atoms with E-state index in [-0.39, 0.29) is 0 Å². The highest BCUT2D eigenvalue weighted by atomic mass is 14.9. The van der Waals surface area contributed by atoms with Crippen molar-refractivity contribution in [1.29, 1.82) is 0 Å². The molecule has 0 bridgehead atoms. The Kier molecular flexibility index (Phi) is 12.0. The summed E-state index contributed by atoms with van der Waals surface area (Å²) < 4.78 is 0. The third kappa shape index (κ3) is 10.6. The van der Waals surface area contributed by atoms with Gasteiger partial charge in [-0.15, -0.1) is 0 Å². The molecule has 0 saturated carbocycles.